The van der Waals surface area contributed by atoms with Gasteiger partial charge in [-0.25, -0.2) is 0 Å². The van der Waals surface area contributed by atoms with E-state index in [2.05, 4.69) is 26.1 Å². The van der Waals surface area contributed by atoms with Crippen molar-refractivity contribution in [3.8, 4) is 5.75 Å². The molecular formula is C33H49NO3. The third-order valence-corrected chi connectivity index (χ3v) is 13.3. The highest BCUT2D eigenvalue weighted by molar-refractivity contribution is 5.75. The van der Waals surface area contributed by atoms with Crippen molar-refractivity contribution in [2.45, 2.75) is 104 Å². The number of phenols is 1. The number of benzene rings is 1. The second-order valence-corrected chi connectivity index (χ2v) is 14.4. The summed E-state index contributed by atoms with van der Waals surface area (Å²) in [4.78, 5) is 12.5. The SMILES string of the molecule is CC1C(NCCc2ccc(O)cc2)CCC2(C)C1CCC1(C)C3CCC4(C(=O)O)CCCC4C3CCC21. The minimum atomic E-state index is -0.485. The summed E-state index contributed by atoms with van der Waals surface area (Å²) in [6.07, 6.45) is 14.2. The number of nitrogens with one attached hydrogen (secondary N) is 1. The lowest BCUT2D eigenvalue weighted by molar-refractivity contribution is -0.192. The smallest absolute Gasteiger partial charge is 0.309 e. The number of hydrogen-bond acceptors (Lipinski definition) is 3. The molecule has 5 aliphatic carbocycles. The molecule has 204 valence electrons. The third-order valence-electron chi connectivity index (χ3n) is 13.3. The van der Waals surface area contributed by atoms with Crippen molar-refractivity contribution in [1.82, 2.24) is 5.32 Å². The van der Waals surface area contributed by atoms with Crippen LogP contribution < -0.4 is 5.32 Å². The highest BCUT2D eigenvalue weighted by atomic mass is 16.4. The van der Waals surface area contributed by atoms with Crippen molar-refractivity contribution >= 4 is 5.97 Å². The summed E-state index contributed by atoms with van der Waals surface area (Å²) in [7, 11) is 0. The molecule has 37 heavy (non-hydrogen) atoms. The van der Waals surface area contributed by atoms with Crippen molar-refractivity contribution in [3.63, 3.8) is 0 Å². The highest BCUT2D eigenvalue weighted by Crippen LogP contribution is 2.71. The average molecular weight is 508 g/mol. The first-order chi connectivity index (χ1) is 17.7. The van der Waals surface area contributed by atoms with E-state index in [1.54, 1.807) is 12.1 Å². The second-order valence-electron chi connectivity index (χ2n) is 14.4. The van der Waals surface area contributed by atoms with Gasteiger partial charge < -0.3 is 15.5 Å². The molecule has 0 aromatic heterocycles. The van der Waals surface area contributed by atoms with E-state index in [0.717, 1.165) is 62.8 Å². The molecule has 1 aromatic rings. The molecule has 3 N–H and O–H groups in total. The van der Waals surface area contributed by atoms with Crippen LogP contribution >= 0.6 is 0 Å². The third kappa shape index (κ3) is 3.90. The molecule has 0 bridgehead atoms. The Morgan fingerprint density at radius 2 is 1.59 bits per heavy atom. The Kier molecular flexibility index (Phi) is 6.45. The van der Waals surface area contributed by atoms with Crippen LogP contribution in [-0.2, 0) is 11.2 Å². The molecule has 0 radical (unpaired) electrons. The average Bonchev–Trinajstić information content (AvgIpc) is 3.33. The summed E-state index contributed by atoms with van der Waals surface area (Å²) in [6.45, 7) is 8.82. The number of carboxylic acid groups (broad SMARTS) is 1. The van der Waals surface area contributed by atoms with Crippen LogP contribution in [0.4, 0.5) is 0 Å². The van der Waals surface area contributed by atoms with Gasteiger partial charge in [0, 0.05) is 6.04 Å². The van der Waals surface area contributed by atoms with E-state index >= 15 is 0 Å². The van der Waals surface area contributed by atoms with Crippen LogP contribution in [0.1, 0.15) is 97.0 Å². The predicted molar refractivity (Wildman–Crippen MR) is 147 cm³/mol. The maximum atomic E-state index is 12.5. The number of phenolic OH excluding ortho intramolecular Hbond substituents is 1. The number of carbonyl (C=O) groups is 1. The fraction of sp³-hybridized carbons (Fsp3) is 0.788. The lowest BCUT2D eigenvalue weighted by Crippen LogP contribution is -2.62. The van der Waals surface area contributed by atoms with Crippen LogP contribution in [-0.4, -0.2) is 28.8 Å². The minimum absolute atomic E-state index is 0.341. The number of aromatic hydroxyl groups is 1. The van der Waals surface area contributed by atoms with Gasteiger partial charge in [-0.3, -0.25) is 4.79 Å². The summed E-state index contributed by atoms with van der Waals surface area (Å²) < 4.78 is 0. The lowest BCUT2D eigenvalue weighted by atomic mass is 9.37. The first-order valence-electron chi connectivity index (χ1n) is 15.4. The van der Waals surface area contributed by atoms with Gasteiger partial charge in [-0.15, -0.1) is 0 Å². The van der Waals surface area contributed by atoms with Gasteiger partial charge in [0.25, 0.3) is 0 Å². The second kappa shape index (κ2) is 9.28. The van der Waals surface area contributed by atoms with Crippen molar-refractivity contribution in [2.75, 3.05) is 6.54 Å². The van der Waals surface area contributed by atoms with Gasteiger partial charge >= 0.3 is 5.97 Å². The van der Waals surface area contributed by atoms with Crippen LogP contribution in [0, 0.1) is 51.8 Å². The van der Waals surface area contributed by atoms with Crippen LogP contribution in [0.3, 0.4) is 0 Å². The van der Waals surface area contributed by atoms with Crippen LogP contribution in [0.15, 0.2) is 24.3 Å². The molecule has 0 saturated heterocycles. The molecule has 5 saturated carbocycles. The Bertz CT molecular complexity index is 1010. The maximum absolute atomic E-state index is 12.5. The Labute approximate surface area is 224 Å². The molecule has 10 unspecified atom stereocenters. The molecule has 0 spiro atoms. The van der Waals surface area contributed by atoms with E-state index in [0.29, 0.717) is 40.4 Å². The maximum Gasteiger partial charge on any atom is 0.309 e. The Morgan fingerprint density at radius 3 is 2.35 bits per heavy atom. The Hall–Kier alpha value is -1.55. The topological polar surface area (TPSA) is 69.6 Å². The van der Waals surface area contributed by atoms with Gasteiger partial charge in [0.2, 0.25) is 0 Å². The van der Waals surface area contributed by atoms with Gasteiger partial charge in [-0.05, 0) is 141 Å². The van der Waals surface area contributed by atoms with E-state index in [9.17, 15) is 15.0 Å². The fourth-order valence-electron chi connectivity index (χ4n) is 11.6. The van der Waals surface area contributed by atoms with Crippen molar-refractivity contribution < 1.29 is 15.0 Å². The Balaban J connectivity index is 1.15. The zero-order valence-corrected chi connectivity index (χ0v) is 23.3. The van der Waals surface area contributed by atoms with Crippen molar-refractivity contribution in [3.05, 3.63) is 29.8 Å². The van der Waals surface area contributed by atoms with Crippen LogP contribution in [0.2, 0.25) is 0 Å². The number of hydrogen-bond donors (Lipinski definition) is 3. The van der Waals surface area contributed by atoms with Gasteiger partial charge in [-0.2, -0.15) is 0 Å². The molecule has 10 atom stereocenters. The number of carboxylic acids is 1. The lowest BCUT2D eigenvalue weighted by Gasteiger charge is -2.67. The van der Waals surface area contributed by atoms with Gasteiger partial charge in [0.1, 0.15) is 5.75 Å². The normalized spacial score (nSPS) is 46.8. The molecule has 4 heteroatoms. The molecule has 0 aliphatic heterocycles. The summed E-state index contributed by atoms with van der Waals surface area (Å²) in [5, 5.41) is 23.7. The van der Waals surface area contributed by atoms with E-state index in [-0.39, 0.29) is 0 Å². The summed E-state index contributed by atoms with van der Waals surface area (Å²) >= 11 is 0. The van der Waals surface area contributed by atoms with E-state index in [1.807, 2.05) is 12.1 Å². The molecule has 1 aromatic carbocycles. The molecule has 4 nitrogen and oxygen atoms in total. The first-order valence-corrected chi connectivity index (χ1v) is 15.4. The van der Waals surface area contributed by atoms with Gasteiger partial charge in [0.15, 0.2) is 0 Å². The summed E-state index contributed by atoms with van der Waals surface area (Å²) in [5.41, 5.74) is 1.69. The fourth-order valence-corrected chi connectivity index (χ4v) is 11.6. The zero-order valence-electron chi connectivity index (χ0n) is 23.3. The number of rotatable bonds is 5. The molecule has 5 fully saturated rings. The molecular weight excluding hydrogens is 458 g/mol. The van der Waals surface area contributed by atoms with E-state index in [1.165, 1.54) is 44.1 Å². The number of fused-ring (bicyclic) bond motifs is 7. The summed E-state index contributed by atoms with van der Waals surface area (Å²) in [5.74, 6) is 3.94. The molecule has 5 aliphatic rings. The van der Waals surface area contributed by atoms with Gasteiger partial charge in [-0.1, -0.05) is 39.3 Å². The molecule has 6 rings (SSSR count). The van der Waals surface area contributed by atoms with Gasteiger partial charge in [0.05, 0.1) is 5.41 Å². The van der Waals surface area contributed by atoms with Crippen LogP contribution in [0.5, 0.6) is 5.75 Å². The quantitative estimate of drug-likeness (QED) is 0.399. The van der Waals surface area contributed by atoms with E-state index < -0.39 is 11.4 Å². The standard InChI is InChI=1S/C33H49NO3/c1-21-25-12-17-32(3)26-13-19-33(30(36)37)16-4-5-27(33)24(26)10-11-29(32)31(25,2)18-14-28(21)34-20-15-22-6-8-23(35)9-7-22/h6-9,21,24-29,34-35H,4-5,10-20H2,1-3H3,(H,36,37). The monoisotopic (exact) mass is 507 g/mol. The zero-order chi connectivity index (χ0) is 26.0. The minimum Gasteiger partial charge on any atom is -0.508 e. The first kappa shape index (κ1) is 25.7. The van der Waals surface area contributed by atoms with E-state index in [4.69, 9.17) is 0 Å². The van der Waals surface area contributed by atoms with Crippen molar-refractivity contribution in [2.24, 2.45) is 51.8 Å². The van der Waals surface area contributed by atoms with Crippen molar-refractivity contribution in [1.29, 1.82) is 0 Å². The number of aliphatic carboxylic acids is 1. The molecule has 0 amide bonds. The summed E-state index contributed by atoms with van der Waals surface area (Å²) in [6, 6.07) is 8.25. The van der Waals surface area contributed by atoms with Crippen LogP contribution in [0.25, 0.3) is 0 Å². The highest BCUT2D eigenvalue weighted by Gasteiger charge is 2.65. The largest absolute Gasteiger partial charge is 0.508 e. The molecule has 0 heterocycles. The predicted octanol–water partition coefficient (Wildman–Crippen LogP) is 7.05. The Morgan fingerprint density at radius 1 is 0.892 bits per heavy atom.